The first-order valence-corrected chi connectivity index (χ1v) is 13.2. The minimum atomic E-state index is -3.96. The Labute approximate surface area is 211 Å². The first-order valence-electron chi connectivity index (χ1n) is 11.0. The molecule has 186 valence electrons. The molecule has 2 rings (SSSR count). The van der Waals surface area contributed by atoms with E-state index in [1.807, 2.05) is 38.1 Å². The van der Waals surface area contributed by atoms with Crippen molar-refractivity contribution in [3.8, 4) is 0 Å². The number of halogens is 1. The zero-order chi connectivity index (χ0) is 25.5. The minimum Gasteiger partial charge on any atom is -0.354 e. The molecule has 0 fully saturated rings. The molecule has 34 heavy (non-hydrogen) atoms. The average Bonchev–Trinajstić information content (AvgIpc) is 2.79. The first kappa shape index (κ1) is 27.8. The van der Waals surface area contributed by atoms with Crippen molar-refractivity contribution in [2.75, 3.05) is 31.5 Å². The van der Waals surface area contributed by atoms with Gasteiger partial charge in [-0.05, 0) is 42.7 Å². The number of nitrogens with one attached hydrogen (secondary N) is 1. The van der Waals surface area contributed by atoms with Crippen molar-refractivity contribution in [3.05, 3.63) is 64.6 Å². The lowest BCUT2D eigenvalue weighted by Crippen LogP contribution is -2.52. The molecule has 0 bridgehead atoms. The first-order chi connectivity index (χ1) is 15.9. The van der Waals surface area contributed by atoms with Crippen molar-refractivity contribution < 1.29 is 18.0 Å². The molecule has 0 heterocycles. The normalized spacial score (nSPS) is 12.5. The maximum Gasteiger partial charge on any atom is 0.304 e. The van der Waals surface area contributed by atoms with Crippen molar-refractivity contribution >= 4 is 43.6 Å². The molecule has 0 saturated carbocycles. The summed E-state index contributed by atoms with van der Waals surface area (Å²) < 4.78 is 29.1. The molecule has 1 unspecified atom stereocenters. The van der Waals surface area contributed by atoms with Gasteiger partial charge in [0.15, 0.2) is 0 Å². The van der Waals surface area contributed by atoms with Crippen molar-refractivity contribution in [2.45, 2.75) is 33.4 Å². The molecule has 2 aromatic rings. The number of amides is 2. The fraction of sp³-hybridized carbons (Fsp3) is 0.417. The summed E-state index contributed by atoms with van der Waals surface area (Å²) in [5.74, 6) is -0.524. The fourth-order valence-corrected chi connectivity index (χ4v) is 4.68. The van der Waals surface area contributed by atoms with E-state index in [9.17, 15) is 18.0 Å². The summed E-state index contributed by atoms with van der Waals surface area (Å²) in [5, 5.41) is 2.87. The lowest BCUT2D eigenvalue weighted by molar-refractivity contribution is -0.139. The van der Waals surface area contributed by atoms with Gasteiger partial charge in [0.1, 0.15) is 12.6 Å². The second kappa shape index (κ2) is 12.3. The molecule has 1 N–H and O–H groups in total. The van der Waals surface area contributed by atoms with Crippen LogP contribution in [0.1, 0.15) is 26.3 Å². The van der Waals surface area contributed by atoms with Crippen LogP contribution in [0.3, 0.4) is 0 Å². The van der Waals surface area contributed by atoms with Gasteiger partial charge in [0.25, 0.3) is 0 Å². The van der Waals surface area contributed by atoms with Gasteiger partial charge in [0.2, 0.25) is 11.8 Å². The molecule has 8 nitrogen and oxygen atoms in total. The third kappa shape index (κ3) is 7.54. The number of para-hydroxylation sites is 1. The summed E-state index contributed by atoms with van der Waals surface area (Å²) in [6.07, 6.45) is 0. The highest BCUT2D eigenvalue weighted by atomic mass is 79.9. The van der Waals surface area contributed by atoms with E-state index < -0.39 is 28.7 Å². The van der Waals surface area contributed by atoms with Gasteiger partial charge >= 0.3 is 10.2 Å². The van der Waals surface area contributed by atoms with Crippen LogP contribution in [0.15, 0.2) is 59.1 Å². The van der Waals surface area contributed by atoms with E-state index in [4.69, 9.17) is 0 Å². The van der Waals surface area contributed by atoms with E-state index in [0.717, 1.165) is 18.6 Å². The van der Waals surface area contributed by atoms with Gasteiger partial charge in [-0.25, -0.2) is 4.31 Å². The molecule has 0 aromatic heterocycles. The molecule has 2 amide bonds. The van der Waals surface area contributed by atoms with E-state index in [2.05, 4.69) is 21.2 Å². The Morgan fingerprint density at radius 2 is 1.65 bits per heavy atom. The van der Waals surface area contributed by atoms with Crippen LogP contribution in [0.5, 0.6) is 0 Å². The maximum absolute atomic E-state index is 13.6. The van der Waals surface area contributed by atoms with E-state index in [0.29, 0.717) is 12.2 Å². The van der Waals surface area contributed by atoms with E-state index in [-0.39, 0.29) is 18.4 Å². The van der Waals surface area contributed by atoms with Crippen LogP contribution in [-0.2, 0) is 26.3 Å². The largest absolute Gasteiger partial charge is 0.354 e. The van der Waals surface area contributed by atoms with Crippen LogP contribution >= 0.6 is 15.9 Å². The molecule has 0 saturated heterocycles. The van der Waals surface area contributed by atoms with Crippen molar-refractivity contribution in [3.63, 3.8) is 0 Å². The summed E-state index contributed by atoms with van der Waals surface area (Å²) in [5.41, 5.74) is 1.18. The van der Waals surface area contributed by atoms with Gasteiger partial charge in [-0.15, -0.1) is 0 Å². The van der Waals surface area contributed by atoms with E-state index in [1.165, 1.54) is 19.0 Å². The number of hydrogen-bond acceptors (Lipinski definition) is 4. The molecule has 0 aliphatic heterocycles. The van der Waals surface area contributed by atoms with Crippen LogP contribution in [0.4, 0.5) is 5.69 Å². The molecule has 1 atom stereocenters. The SMILES string of the molecule is CC(C)CNC(=O)C(C)N(Cc1cccc(Br)c1)C(=O)CN(c1ccccc1)S(=O)(=O)N(C)C. The zero-order valence-corrected chi connectivity index (χ0v) is 22.6. The van der Waals surface area contributed by atoms with Crippen LogP contribution in [0.25, 0.3) is 0 Å². The summed E-state index contributed by atoms with van der Waals surface area (Å²) in [7, 11) is -1.13. The Morgan fingerprint density at radius 3 is 2.21 bits per heavy atom. The number of hydrogen-bond donors (Lipinski definition) is 1. The summed E-state index contributed by atoms with van der Waals surface area (Å²) >= 11 is 3.43. The van der Waals surface area contributed by atoms with Gasteiger partial charge < -0.3 is 10.2 Å². The number of rotatable bonds is 11. The predicted octanol–water partition coefficient (Wildman–Crippen LogP) is 3.25. The molecule has 2 aromatic carbocycles. The molecule has 10 heteroatoms. The minimum absolute atomic E-state index is 0.152. The standard InChI is InChI=1S/C24H33BrN4O4S/c1-18(2)15-26-24(31)19(3)28(16-20-10-9-11-21(25)14-20)23(30)17-29(34(32,33)27(4)5)22-12-7-6-8-13-22/h6-14,18-19H,15-17H2,1-5H3,(H,26,31). The highest BCUT2D eigenvalue weighted by Crippen LogP contribution is 2.21. The van der Waals surface area contributed by atoms with Gasteiger partial charge in [-0.1, -0.05) is 60.1 Å². The Balaban J connectivity index is 2.40. The lowest BCUT2D eigenvalue weighted by atomic mass is 10.1. The maximum atomic E-state index is 13.6. The van der Waals surface area contributed by atoms with Crippen molar-refractivity contribution in [1.29, 1.82) is 0 Å². The van der Waals surface area contributed by atoms with Crippen molar-refractivity contribution in [1.82, 2.24) is 14.5 Å². The van der Waals surface area contributed by atoms with Gasteiger partial charge in [0.05, 0.1) is 5.69 Å². The van der Waals surface area contributed by atoms with Crippen LogP contribution in [0, 0.1) is 5.92 Å². The Kier molecular flexibility index (Phi) is 10.1. The Hall–Kier alpha value is -2.43. The monoisotopic (exact) mass is 552 g/mol. The zero-order valence-electron chi connectivity index (χ0n) is 20.2. The van der Waals surface area contributed by atoms with Crippen LogP contribution in [0.2, 0.25) is 0 Å². The number of carbonyl (C=O) groups is 2. The Morgan fingerprint density at radius 1 is 1.00 bits per heavy atom. The number of carbonyl (C=O) groups excluding carboxylic acids is 2. The summed E-state index contributed by atoms with van der Waals surface area (Å²) in [6, 6.07) is 15.1. The smallest absolute Gasteiger partial charge is 0.304 e. The third-order valence-electron chi connectivity index (χ3n) is 5.16. The molecule has 0 spiro atoms. The molecule has 0 aliphatic rings. The summed E-state index contributed by atoms with van der Waals surface area (Å²) in [4.78, 5) is 27.9. The molecular weight excluding hydrogens is 520 g/mol. The van der Waals surface area contributed by atoms with Gasteiger partial charge in [-0.2, -0.15) is 12.7 Å². The Bertz CT molecular complexity index is 1080. The lowest BCUT2D eigenvalue weighted by Gasteiger charge is -2.33. The van der Waals surface area contributed by atoms with Crippen LogP contribution < -0.4 is 9.62 Å². The van der Waals surface area contributed by atoms with E-state index in [1.54, 1.807) is 37.3 Å². The second-order valence-corrected chi connectivity index (χ2v) is 11.6. The third-order valence-corrected chi connectivity index (χ3v) is 7.47. The second-order valence-electron chi connectivity index (χ2n) is 8.60. The fourth-order valence-electron chi connectivity index (χ4n) is 3.18. The number of anilines is 1. The average molecular weight is 554 g/mol. The highest BCUT2D eigenvalue weighted by Gasteiger charge is 2.32. The van der Waals surface area contributed by atoms with Gasteiger partial charge in [0, 0.05) is 31.7 Å². The topological polar surface area (TPSA) is 90.0 Å². The van der Waals surface area contributed by atoms with Crippen molar-refractivity contribution in [2.24, 2.45) is 5.92 Å². The van der Waals surface area contributed by atoms with Crippen LogP contribution in [-0.4, -0.2) is 62.7 Å². The highest BCUT2D eigenvalue weighted by molar-refractivity contribution is 9.10. The molecule has 0 radical (unpaired) electrons. The molecular formula is C24H33BrN4O4S. The van der Waals surface area contributed by atoms with E-state index >= 15 is 0 Å². The number of nitrogens with zero attached hydrogens (tertiary/aromatic N) is 3. The molecule has 0 aliphatic carbocycles. The summed E-state index contributed by atoms with van der Waals surface area (Å²) in [6.45, 7) is 5.81. The quantitative estimate of drug-likeness (QED) is 0.463. The van der Waals surface area contributed by atoms with Gasteiger partial charge in [-0.3, -0.25) is 9.59 Å². The predicted molar refractivity (Wildman–Crippen MR) is 138 cm³/mol. The number of benzene rings is 2.